The molecule has 0 bridgehead atoms. The molecule has 0 amide bonds. The molecule has 2 nitrogen and oxygen atoms in total. The molecular formula is C19H29NO. The lowest BCUT2D eigenvalue weighted by Gasteiger charge is -2.31. The molecular weight excluding hydrogens is 258 g/mol. The normalized spacial score (nSPS) is 25.7. The summed E-state index contributed by atoms with van der Waals surface area (Å²) >= 11 is 0. The second-order valence-electron chi connectivity index (χ2n) is 7.32. The van der Waals surface area contributed by atoms with Crippen molar-refractivity contribution >= 4 is 0 Å². The van der Waals surface area contributed by atoms with Gasteiger partial charge in [0.2, 0.25) is 0 Å². The molecule has 1 aromatic carbocycles. The second kappa shape index (κ2) is 5.64. The van der Waals surface area contributed by atoms with Gasteiger partial charge in [-0.15, -0.1) is 0 Å². The second-order valence-corrected chi connectivity index (χ2v) is 7.32. The molecule has 0 spiro atoms. The number of rotatable bonds is 3. The maximum atomic E-state index is 6.45. The van der Waals surface area contributed by atoms with Crippen LogP contribution >= 0.6 is 0 Å². The number of fused-ring (bicyclic) bond motifs is 1. The molecule has 1 aromatic rings. The van der Waals surface area contributed by atoms with Gasteiger partial charge in [-0.1, -0.05) is 12.5 Å². The van der Waals surface area contributed by atoms with Crippen molar-refractivity contribution in [2.75, 3.05) is 19.6 Å². The lowest BCUT2D eigenvalue weighted by Crippen LogP contribution is -2.38. The number of likely N-dealkylation sites (tertiary alicyclic amines) is 1. The molecule has 1 atom stereocenters. The fourth-order valence-electron chi connectivity index (χ4n) is 3.84. The largest absolute Gasteiger partial charge is 0.487 e. The molecule has 0 radical (unpaired) electrons. The molecule has 116 valence electrons. The van der Waals surface area contributed by atoms with E-state index in [4.69, 9.17) is 4.74 Å². The summed E-state index contributed by atoms with van der Waals surface area (Å²) in [5.41, 5.74) is 5.51. The summed E-state index contributed by atoms with van der Waals surface area (Å²) in [6, 6.07) is 2.31. The molecule has 0 N–H and O–H groups in total. The summed E-state index contributed by atoms with van der Waals surface area (Å²) < 4.78 is 6.45. The van der Waals surface area contributed by atoms with Crippen molar-refractivity contribution in [3.8, 4) is 5.75 Å². The van der Waals surface area contributed by atoms with E-state index in [0.717, 1.165) is 12.8 Å². The lowest BCUT2D eigenvalue weighted by molar-refractivity contribution is 0.0835. The van der Waals surface area contributed by atoms with Crippen LogP contribution in [0.15, 0.2) is 6.07 Å². The highest BCUT2D eigenvalue weighted by molar-refractivity contribution is 5.52. The van der Waals surface area contributed by atoms with Crippen LogP contribution < -0.4 is 4.74 Å². The first-order chi connectivity index (χ1) is 9.98. The summed E-state index contributed by atoms with van der Waals surface area (Å²) in [4.78, 5) is 2.62. The van der Waals surface area contributed by atoms with Crippen molar-refractivity contribution < 1.29 is 4.74 Å². The average molecular weight is 287 g/mol. The van der Waals surface area contributed by atoms with Crippen LogP contribution in [-0.4, -0.2) is 30.1 Å². The van der Waals surface area contributed by atoms with Gasteiger partial charge in [0.15, 0.2) is 0 Å². The van der Waals surface area contributed by atoms with Crippen LogP contribution in [0.1, 0.15) is 54.9 Å². The molecule has 0 saturated carbocycles. The summed E-state index contributed by atoms with van der Waals surface area (Å²) in [7, 11) is 0. The van der Waals surface area contributed by atoms with Gasteiger partial charge < -0.3 is 9.64 Å². The van der Waals surface area contributed by atoms with E-state index in [2.05, 4.69) is 38.7 Å². The van der Waals surface area contributed by atoms with Crippen molar-refractivity contribution in [1.82, 2.24) is 4.90 Å². The molecule has 1 unspecified atom stereocenters. The smallest absolute Gasteiger partial charge is 0.126 e. The molecule has 2 heterocycles. The third kappa shape index (κ3) is 2.96. The minimum absolute atomic E-state index is 0.0108. The van der Waals surface area contributed by atoms with Gasteiger partial charge in [-0.25, -0.2) is 0 Å². The lowest BCUT2D eigenvalue weighted by atomic mass is 9.91. The maximum absolute atomic E-state index is 6.45. The number of aryl methyl sites for hydroxylation is 2. The quantitative estimate of drug-likeness (QED) is 0.827. The van der Waals surface area contributed by atoms with E-state index in [1.807, 2.05) is 0 Å². The van der Waals surface area contributed by atoms with Crippen molar-refractivity contribution in [2.24, 2.45) is 0 Å². The van der Waals surface area contributed by atoms with E-state index >= 15 is 0 Å². The first-order valence-corrected chi connectivity index (χ1v) is 8.49. The summed E-state index contributed by atoms with van der Waals surface area (Å²) in [6.07, 6.45) is 6.36. The molecule has 3 rings (SSSR count). The SMILES string of the molecule is Cc1cc(C)c2c(c1C)OC(C)(CCN1CCCCC1)C2. The van der Waals surface area contributed by atoms with Crippen LogP contribution in [0.3, 0.4) is 0 Å². The van der Waals surface area contributed by atoms with Gasteiger partial charge in [0, 0.05) is 18.5 Å². The Bertz CT molecular complexity index is 531. The Kier molecular flexibility index (Phi) is 4.00. The Hall–Kier alpha value is -1.02. The number of hydrogen-bond donors (Lipinski definition) is 0. The standard InChI is InChI=1S/C19H29NO/c1-14-12-15(2)17-13-19(4,21-18(17)16(14)3)8-11-20-9-6-5-7-10-20/h12H,5-11,13H2,1-4H3. The van der Waals surface area contributed by atoms with Crippen LogP contribution in [0.5, 0.6) is 5.75 Å². The Morgan fingerprint density at radius 3 is 2.52 bits per heavy atom. The maximum Gasteiger partial charge on any atom is 0.126 e. The zero-order valence-corrected chi connectivity index (χ0v) is 14.1. The molecule has 2 aliphatic heterocycles. The van der Waals surface area contributed by atoms with Crippen LogP contribution in [0.2, 0.25) is 0 Å². The van der Waals surface area contributed by atoms with Crippen molar-refractivity contribution in [1.29, 1.82) is 0 Å². The fourth-order valence-corrected chi connectivity index (χ4v) is 3.84. The number of nitrogens with zero attached hydrogens (tertiary/aromatic N) is 1. The molecule has 2 heteroatoms. The van der Waals surface area contributed by atoms with E-state index in [9.17, 15) is 0 Å². The van der Waals surface area contributed by atoms with E-state index in [-0.39, 0.29) is 5.60 Å². The summed E-state index contributed by atoms with van der Waals surface area (Å²) in [6.45, 7) is 12.7. The number of benzene rings is 1. The van der Waals surface area contributed by atoms with Gasteiger partial charge in [0.25, 0.3) is 0 Å². The molecule has 0 aromatic heterocycles. The Labute approximate surface area is 129 Å². The highest BCUT2D eigenvalue weighted by atomic mass is 16.5. The zero-order chi connectivity index (χ0) is 15.0. The van der Waals surface area contributed by atoms with E-state index in [0.29, 0.717) is 0 Å². The Morgan fingerprint density at radius 2 is 1.81 bits per heavy atom. The zero-order valence-electron chi connectivity index (χ0n) is 14.1. The highest BCUT2D eigenvalue weighted by Gasteiger charge is 2.37. The van der Waals surface area contributed by atoms with Crippen LogP contribution in [0, 0.1) is 20.8 Å². The first kappa shape index (κ1) is 14.9. The Balaban J connectivity index is 1.70. The van der Waals surface area contributed by atoms with Crippen molar-refractivity contribution in [3.63, 3.8) is 0 Å². The van der Waals surface area contributed by atoms with E-state index in [1.54, 1.807) is 0 Å². The van der Waals surface area contributed by atoms with Gasteiger partial charge in [-0.3, -0.25) is 0 Å². The van der Waals surface area contributed by atoms with Gasteiger partial charge >= 0.3 is 0 Å². The van der Waals surface area contributed by atoms with Gasteiger partial charge in [0.1, 0.15) is 11.4 Å². The predicted molar refractivity (Wildman–Crippen MR) is 88.3 cm³/mol. The van der Waals surface area contributed by atoms with Crippen molar-refractivity contribution in [2.45, 2.75) is 65.4 Å². The van der Waals surface area contributed by atoms with E-state index < -0.39 is 0 Å². The predicted octanol–water partition coefficient (Wildman–Crippen LogP) is 4.18. The molecule has 1 fully saturated rings. The van der Waals surface area contributed by atoms with Crippen LogP contribution in [0.4, 0.5) is 0 Å². The molecule has 2 aliphatic rings. The highest BCUT2D eigenvalue weighted by Crippen LogP contribution is 2.42. The molecule has 21 heavy (non-hydrogen) atoms. The third-order valence-corrected chi connectivity index (χ3v) is 5.42. The van der Waals surface area contributed by atoms with Crippen LogP contribution in [-0.2, 0) is 6.42 Å². The third-order valence-electron chi connectivity index (χ3n) is 5.42. The fraction of sp³-hybridized carbons (Fsp3) is 0.684. The van der Waals surface area contributed by atoms with E-state index in [1.165, 1.54) is 66.9 Å². The number of ether oxygens (including phenoxy) is 1. The van der Waals surface area contributed by atoms with Gasteiger partial charge in [-0.2, -0.15) is 0 Å². The topological polar surface area (TPSA) is 12.5 Å². The van der Waals surface area contributed by atoms with Gasteiger partial charge in [0.05, 0.1) is 0 Å². The van der Waals surface area contributed by atoms with Crippen LogP contribution in [0.25, 0.3) is 0 Å². The van der Waals surface area contributed by atoms with Gasteiger partial charge in [-0.05, 0) is 76.7 Å². The summed E-state index contributed by atoms with van der Waals surface area (Å²) in [5.74, 6) is 1.17. The van der Waals surface area contributed by atoms with Crippen molar-refractivity contribution in [3.05, 3.63) is 28.3 Å². The molecule has 1 saturated heterocycles. The monoisotopic (exact) mass is 287 g/mol. The number of piperidine rings is 1. The molecule has 0 aliphatic carbocycles. The first-order valence-electron chi connectivity index (χ1n) is 8.49. The minimum atomic E-state index is -0.0108. The average Bonchev–Trinajstić information content (AvgIpc) is 2.83. The Morgan fingerprint density at radius 1 is 1.10 bits per heavy atom. The minimum Gasteiger partial charge on any atom is -0.487 e. The summed E-state index contributed by atoms with van der Waals surface area (Å²) in [5, 5.41) is 0. The number of hydrogen-bond acceptors (Lipinski definition) is 2.